The molecule has 0 aliphatic carbocycles. The molecule has 0 radical (unpaired) electrons. The molecule has 2 aromatic carbocycles. The van der Waals surface area contributed by atoms with E-state index < -0.39 is 23.1 Å². The number of hydrogen-bond acceptors (Lipinski definition) is 4. The molecule has 0 fully saturated rings. The number of hydrogen-bond donors (Lipinski definition) is 1. The predicted octanol–water partition coefficient (Wildman–Crippen LogP) is 0.734. The second-order valence-corrected chi connectivity index (χ2v) is 4.63. The number of imide groups is 1. The second-order valence-electron chi connectivity index (χ2n) is 3.98. The molecular formula is C12H7N2O4S-. The first-order valence-electron chi connectivity index (χ1n) is 5.35. The van der Waals surface area contributed by atoms with Gasteiger partial charge in [-0.15, -0.1) is 0 Å². The fourth-order valence-electron chi connectivity index (χ4n) is 2.19. The SMILES string of the molecule is O=C1c2cccc3cccc(c23)C(=O)N1NS(=O)[O-]. The van der Waals surface area contributed by atoms with Gasteiger partial charge in [-0.1, -0.05) is 24.3 Å². The van der Waals surface area contributed by atoms with E-state index in [0.717, 1.165) is 5.39 Å². The minimum Gasteiger partial charge on any atom is -0.759 e. The third kappa shape index (κ3) is 1.75. The summed E-state index contributed by atoms with van der Waals surface area (Å²) in [6.45, 7) is 0. The van der Waals surface area contributed by atoms with Crippen LogP contribution >= 0.6 is 0 Å². The van der Waals surface area contributed by atoms with E-state index in [1.54, 1.807) is 36.4 Å². The number of hydrazine groups is 1. The summed E-state index contributed by atoms with van der Waals surface area (Å²) in [4.78, 5) is 26.1. The van der Waals surface area contributed by atoms with E-state index in [2.05, 4.69) is 0 Å². The maximum Gasteiger partial charge on any atom is 0.276 e. The van der Waals surface area contributed by atoms with Gasteiger partial charge in [-0.05, 0) is 17.5 Å². The van der Waals surface area contributed by atoms with Crippen molar-refractivity contribution in [2.45, 2.75) is 0 Å². The van der Waals surface area contributed by atoms with Gasteiger partial charge in [-0.3, -0.25) is 13.8 Å². The Morgan fingerprint density at radius 1 is 1.00 bits per heavy atom. The first-order chi connectivity index (χ1) is 9.09. The summed E-state index contributed by atoms with van der Waals surface area (Å²) in [5.74, 6) is -1.36. The molecule has 0 saturated carbocycles. The molecule has 1 heterocycles. The van der Waals surface area contributed by atoms with Gasteiger partial charge in [-0.2, -0.15) is 9.84 Å². The molecule has 1 aliphatic rings. The Hall–Kier alpha value is -2.09. The van der Waals surface area contributed by atoms with Gasteiger partial charge in [0.15, 0.2) is 0 Å². The molecule has 96 valence electrons. The number of benzene rings is 2. The summed E-state index contributed by atoms with van der Waals surface area (Å²) in [7, 11) is 0. The normalized spacial score (nSPS) is 15.9. The number of carbonyl (C=O) groups excluding carboxylic acids is 2. The highest BCUT2D eigenvalue weighted by atomic mass is 32.2. The summed E-state index contributed by atoms with van der Waals surface area (Å²) in [5.41, 5.74) is 0.594. The first kappa shape index (κ1) is 12.0. The minimum atomic E-state index is -2.75. The van der Waals surface area contributed by atoms with Crippen LogP contribution in [0.15, 0.2) is 36.4 Å². The molecule has 19 heavy (non-hydrogen) atoms. The highest BCUT2D eigenvalue weighted by molar-refractivity contribution is 7.77. The van der Waals surface area contributed by atoms with Gasteiger partial charge >= 0.3 is 0 Å². The van der Waals surface area contributed by atoms with Gasteiger partial charge in [-0.25, -0.2) is 0 Å². The molecule has 1 unspecified atom stereocenters. The van der Waals surface area contributed by atoms with Crippen molar-refractivity contribution in [2.24, 2.45) is 0 Å². The van der Waals surface area contributed by atoms with Crippen LogP contribution in [0.25, 0.3) is 10.8 Å². The van der Waals surface area contributed by atoms with Crippen molar-refractivity contribution in [3.05, 3.63) is 47.5 Å². The molecule has 1 atom stereocenters. The lowest BCUT2D eigenvalue weighted by Crippen LogP contribution is -2.49. The van der Waals surface area contributed by atoms with Crippen LogP contribution in [0.3, 0.4) is 0 Å². The van der Waals surface area contributed by atoms with Crippen molar-refractivity contribution in [3.8, 4) is 0 Å². The van der Waals surface area contributed by atoms with Crippen molar-refractivity contribution in [1.82, 2.24) is 9.84 Å². The van der Waals surface area contributed by atoms with E-state index in [1.165, 1.54) is 0 Å². The van der Waals surface area contributed by atoms with E-state index in [-0.39, 0.29) is 0 Å². The van der Waals surface area contributed by atoms with Crippen LogP contribution < -0.4 is 4.83 Å². The number of nitrogens with zero attached hydrogens (tertiary/aromatic N) is 1. The van der Waals surface area contributed by atoms with Gasteiger partial charge in [0, 0.05) is 16.7 Å². The van der Waals surface area contributed by atoms with Crippen molar-refractivity contribution in [3.63, 3.8) is 0 Å². The molecule has 1 aliphatic heterocycles. The Kier molecular flexibility index (Phi) is 2.67. The molecule has 0 bridgehead atoms. The predicted molar refractivity (Wildman–Crippen MR) is 66.5 cm³/mol. The van der Waals surface area contributed by atoms with Crippen molar-refractivity contribution >= 4 is 33.9 Å². The average molecular weight is 275 g/mol. The lowest BCUT2D eigenvalue weighted by Gasteiger charge is -2.27. The minimum absolute atomic E-state index is 0.297. The largest absolute Gasteiger partial charge is 0.759 e. The zero-order chi connectivity index (χ0) is 13.6. The molecule has 0 aromatic heterocycles. The molecule has 3 rings (SSSR count). The summed E-state index contributed by atoms with van der Waals surface area (Å²) < 4.78 is 21.3. The maximum atomic E-state index is 12.1. The molecule has 2 aromatic rings. The third-order valence-electron chi connectivity index (χ3n) is 2.94. The van der Waals surface area contributed by atoms with Crippen molar-refractivity contribution in [2.75, 3.05) is 0 Å². The average Bonchev–Trinajstić information content (AvgIpc) is 2.40. The Bertz CT molecular complexity index is 693. The van der Waals surface area contributed by atoms with Gasteiger partial charge in [0.25, 0.3) is 11.8 Å². The van der Waals surface area contributed by atoms with Gasteiger partial charge < -0.3 is 4.55 Å². The Morgan fingerprint density at radius 2 is 1.53 bits per heavy atom. The van der Waals surface area contributed by atoms with Gasteiger partial charge in [0.1, 0.15) is 0 Å². The van der Waals surface area contributed by atoms with Crippen LogP contribution in [-0.4, -0.2) is 25.6 Å². The standard InChI is InChI=1S/C12H8N2O4S/c15-11-8-5-1-3-7-4-2-6-9(10(7)8)12(16)14(11)13-19(17)18/h1-6,13H,(H,17,18)/p-1. The summed E-state index contributed by atoms with van der Waals surface area (Å²) in [6, 6.07) is 10.1. The summed E-state index contributed by atoms with van der Waals surface area (Å²) >= 11 is -2.75. The van der Waals surface area contributed by atoms with Crippen LogP contribution in [0.5, 0.6) is 0 Å². The molecule has 1 N–H and O–H groups in total. The van der Waals surface area contributed by atoms with E-state index in [0.29, 0.717) is 21.5 Å². The molecule has 6 nitrogen and oxygen atoms in total. The van der Waals surface area contributed by atoms with Crippen LogP contribution in [0.4, 0.5) is 0 Å². The molecule has 7 heteroatoms. The highest BCUT2D eigenvalue weighted by Gasteiger charge is 2.32. The Labute approximate surface area is 110 Å². The van der Waals surface area contributed by atoms with Gasteiger partial charge in [0.2, 0.25) is 0 Å². The first-order valence-corrected chi connectivity index (χ1v) is 6.43. The van der Waals surface area contributed by atoms with E-state index >= 15 is 0 Å². The lowest BCUT2D eigenvalue weighted by atomic mass is 9.95. The van der Waals surface area contributed by atoms with Gasteiger partial charge in [0.05, 0.1) is 11.1 Å². The number of carbonyl (C=O) groups is 2. The van der Waals surface area contributed by atoms with Crippen LogP contribution in [0.2, 0.25) is 0 Å². The highest BCUT2D eigenvalue weighted by Crippen LogP contribution is 2.29. The van der Waals surface area contributed by atoms with Crippen LogP contribution in [-0.2, 0) is 11.3 Å². The Morgan fingerprint density at radius 3 is 2.00 bits per heavy atom. The van der Waals surface area contributed by atoms with Crippen LogP contribution in [0.1, 0.15) is 20.7 Å². The zero-order valence-corrected chi connectivity index (χ0v) is 10.3. The topological polar surface area (TPSA) is 89.5 Å². The van der Waals surface area contributed by atoms with Crippen molar-refractivity contribution in [1.29, 1.82) is 0 Å². The van der Waals surface area contributed by atoms with E-state index in [4.69, 9.17) is 0 Å². The lowest BCUT2D eigenvalue weighted by molar-refractivity contribution is 0.0572. The molecule has 2 amide bonds. The smallest absolute Gasteiger partial charge is 0.276 e. The Balaban J connectivity index is 2.28. The summed E-state index contributed by atoms with van der Waals surface area (Å²) in [5, 5.41) is 1.81. The fourth-order valence-corrected chi connectivity index (χ4v) is 2.50. The maximum absolute atomic E-state index is 12.1. The number of amides is 2. The fraction of sp³-hybridized carbons (Fsp3) is 0. The third-order valence-corrected chi connectivity index (χ3v) is 3.27. The van der Waals surface area contributed by atoms with E-state index in [1.807, 2.05) is 4.83 Å². The quantitative estimate of drug-likeness (QED) is 0.646. The molecule has 0 saturated heterocycles. The van der Waals surface area contributed by atoms with Crippen LogP contribution in [0, 0.1) is 0 Å². The number of nitrogens with one attached hydrogen (secondary N) is 1. The molecule has 0 spiro atoms. The second kappa shape index (κ2) is 4.23. The monoisotopic (exact) mass is 275 g/mol. The van der Waals surface area contributed by atoms with Crippen molar-refractivity contribution < 1.29 is 18.4 Å². The van der Waals surface area contributed by atoms with E-state index in [9.17, 15) is 18.4 Å². The number of rotatable bonds is 2. The zero-order valence-electron chi connectivity index (χ0n) is 9.45. The molecular weight excluding hydrogens is 268 g/mol. The summed E-state index contributed by atoms with van der Waals surface area (Å²) in [6.07, 6.45) is 0.